The molecule has 0 aliphatic carbocycles. The van der Waals surface area contributed by atoms with E-state index in [4.69, 9.17) is 9.47 Å². The number of anilines is 1. The number of benzene rings is 1. The zero-order chi connectivity index (χ0) is 18.8. The van der Waals surface area contributed by atoms with Crippen LogP contribution in [0.25, 0.3) is 0 Å². The molecule has 0 spiro atoms. The van der Waals surface area contributed by atoms with E-state index in [9.17, 15) is 14.7 Å². The predicted molar refractivity (Wildman–Crippen MR) is 92.8 cm³/mol. The van der Waals surface area contributed by atoms with Crippen LogP contribution in [-0.4, -0.2) is 64.4 Å². The Morgan fingerprint density at radius 1 is 1.31 bits per heavy atom. The Morgan fingerprint density at radius 2 is 2.00 bits per heavy atom. The number of rotatable bonds is 10. The van der Waals surface area contributed by atoms with E-state index in [1.807, 2.05) is 0 Å². The maximum Gasteiger partial charge on any atom is 0.230 e. The van der Waals surface area contributed by atoms with Crippen LogP contribution in [0.4, 0.5) is 5.69 Å². The lowest BCUT2D eigenvalue weighted by Crippen LogP contribution is -3.14. The molecule has 1 aromatic rings. The normalized spacial score (nSPS) is 16.0. The molecule has 2 rings (SSSR count). The monoisotopic (exact) mass is 366 g/mol. The number of methoxy groups -OCH3 is 1. The number of hydrogen-bond donors (Lipinski definition) is 3. The summed E-state index contributed by atoms with van der Waals surface area (Å²) in [6.07, 6.45) is 0.762. The van der Waals surface area contributed by atoms with Crippen LogP contribution in [0.2, 0.25) is 0 Å². The molecule has 1 fully saturated rings. The van der Waals surface area contributed by atoms with Gasteiger partial charge in [-0.1, -0.05) is 0 Å². The maximum atomic E-state index is 12.1. The fraction of sp³-hybridized carbons (Fsp3) is 0.556. The molecule has 1 aromatic carbocycles. The van der Waals surface area contributed by atoms with Gasteiger partial charge >= 0.3 is 0 Å². The lowest BCUT2D eigenvalue weighted by Gasteiger charge is -2.23. The van der Waals surface area contributed by atoms with Crippen molar-refractivity contribution in [1.29, 1.82) is 0 Å². The van der Waals surface area contributed by atoms with E-state index in [0.29, 0.717) is 18.0 Å². The van der Waals surface area contributed by atoms with E-state index >= 15 is 0 Å². The second-order valence-electron chi connectivity index (χ2n) is 6.40. The van der Waals surface area contributed by atoms with Gasteiger partial charge in [-0.05, 0) is 24.3 Å². The number of ether oxygens (including phenoxy) is 2. The third-order valence-corrected chi connectivity index (χ3v) is 4.47. The molecule has 8 heteroatoms. The van der Waals surface area contributed by atoms with E-state index in [0.717, 1.165) is 39.3 Å². The Hall–Kier alpha value is -2.16. The molecule has 1 saturated heterocycles. The van der Waals surface area contributed by atoms with Crippen molar-refractivity contribution in [1.82, 2.24) is 0 Å². The minimum Gasteiger partial charge on any atom is -0.544 e. The first-order valence-corrected chi connectivity index (χ1v) is 8.98. The number of hydrogen-bond acceptors (Lipinski definition) is 5. The summed E-state index contributed by atoms with van der Waals surface area (Å²) in [5, 5.41) is 15.7. The van der Waals surface area contributed by atoms with Gasteiger partial charge in [0.15, 0.2) is 0 Å². The SMILES string of the molecule is COc1ccc(NC(=O)C[C@@H]([NH2+]CCC[NH+]2CCOCC2)C(=O)[O-])cc1. The molecule has 0 unspecified atom stereocenters. The molecule has 0 radical (unpaired) electrons. The van der Waals surface area contributed by atoms with Crippen molar-refractivity contribution in [3.05, 3.63) is 24.3 Å². The standard InChI is InChI=1S/C18H27N3O5/c1-25-15-5-3-14(4-6-15)20-17(22)13-16(18(23)24)19-7-2-8-21-9-11-26-12-10-21/h3-6,16,19H,2,7-13H2,1H3,(H,20,22)(H,23,24)/p+1/t16-/m1/s1. The van der Waals surface area contributed by atoms with E-state index in [1.165, 1.54) is 4.90 Å². The van der Waals surface area contributed by atoms with E-state index in [1.54, 1.807) is 36.7 Å². The highest BCUT2D eigenvalue weighted by molar-refractivity contribution is 5.93. The summed E-state index contributed by atoms with van der Waals surface area (Å²) < 4.78 is 10.4. The molecule has 1 amide bonds. The van der Waals surface area contributed by atoms with Gasteiger partial charge in [-0.25, -0.2) is 0 Å². The van der Waals surface area contributed by atoms with Crippen LogP contribution in [0.1, 0.15) is 12.8 Å². The molecule has 26 heavy (non-hydrogen) atoms. The summed E-state index contributed by atoms with van der Waals surface area (Å²) in [6, 6.07) is 5.99. The summed E-state index contributed by atoms with van der Waals surface area (Å²) in [5.41, 5.74) is 0.601. The van der Waals surface area contributed by atoms with Crippen LogP contribution in [0.5, 0.6) is 5.75 Å². The van der Waals surface area contributed by atoms with E-state index in [-0.39, 0.29) is 12.3 Å². The largest absolute Gasteiger partial charge is 0.544 e. The number of carbonyl (C=O) groups is 2. The summed E-state index contributed by atoms with van der Waals surface area (Å²) in [5.74, 6) is -0.876. The third-order valence-electron chi connectivity index (χ3n) is 4.47. The van der Waals surface area contributed by atoms with Crippen molar-refractivity contribution in [3.8, 4) is 5.75 Å². The van der Waals surface area contributed by atoms with E-state index in [2.05, 4.69) is 5.32 Å². The summed E-state index contributed by atoms with van der Waals surface area (Å²) in [6.45, 7) is 5.19. The van der Waals surface area contributed by atoms with Crippen LogP contribution >= 0.6 is 0 Å². The molecule has 0 aromatic heterocycles. The van der Waals surface area contributed by atoms with Crippen molar-refractivity contribution in [2.24, 2.45) is 0 Å². The van der Waals surface area contributed by atoms with Gasteiger partial charge in [0.1, 0.15) is 24.9 Å². The van der Waals surface area contributed by atoms with Gasteiger partial charge in [0.05, 0.1) is 45.8 Å². The van der Waals surface area contributed by atoms with Crippen LogP contribution in [0.3, 0.4) is 0 Å². The molecule has 1 atom stereocenters. The van der Waals surface area contributed by atoms with Gasteiger partial charge in [-0.2, -0.15) is 0 Å². The Balaban J connectivity index is 1.71. The first kappa shape index (κ1) is 20.2. The second-order valence-corrected chi connectivity index (χ2v) is 6.40. The molecule has 0 bridgehead atoms. The number of aliphatic carboxylic acids is 1. The van der Waals surface area contributed by atoms with Gasteiger partial charge in [-0.3, -0.25) is 4.79 Å². The Bertz CT molecular complexity index is 573. The first-order chi connectivity index (χ1) is 12.6. The lowest BCUT2D eigenvalue weighted by molar-refractivity contribution is -0.909. The average molecular weight is 366 g/mol. The molecule has 144 valence electrons. The van der Waals surface area contributed by atoms with Crippen molar-refractivity contribution in [2.45, 2.75) is 18.9 Å². The number of carboxylic acids is 1. The molecule has 1 aliphatic rings. The molecule has 1 heterocycles. The molecule has 4 N–H and O–H groups in total. The van der Waals surface area contributed by atoms with Gasteiger partial charge in [0.2, 0.25) is 5.91 Å². The number of carboxylic acid groups (broad SMARTS) is 1. The Labute approximate surface area is 153 Å². The summed E-state index contributed by atoms with van der Waals surface area (Å²) in [7, 11) is 1.56. The van der Waals surface area contributed by atoms with Crippen LogP contribution in [0.15, 0.2) is 24.3 Å². The minimum absolute atomic E-state index is 0.126. The van der Waals surface area contributed by atoms with Gasteiger partial charge in [0.25, 0.3) is 0 Å². The zero-order valence-corrected chi connectivity index (χ0v) is 15.2. The molecule has 0 saturated carbocycles. The topological polar surface area (TPSA) is 109 Å². The molecular formula is C18H28N3O5+. The van der Waals surface area contributed by atoms with Crippen molar-refractivity contribution < 1.29 is 34.4 Å². The van der Waals surface area contributed by atoms with Gasteiger partial charge in [0, 0.05) is 12.1 Å². The highest BCUT2D eigenvalue weighted by Gasteiger charge is 2.19. The summed E-state index contributed by atoms with van der Waals surface area (Å²) in [4.78, 5) is 24.9. The second kappa shape index (κ2) is 10.7. The third kappa shape index (κ3) is 6.99. The number of quaternary nitrogens is 2. The minimum atomic E-state index is -1.21. The van der Waals surface area contributed by atoms with E-state index < -0.39 is 12.0 Å². The summed E-state index contributed by atoms with van der Waals surface area (Å²) >= 11 is 0. The van der Waals surface area contributed by atoms with Gasteiger partial charge < -0.3 is 34.9 Å². The smallest absolute Gasteiger partial charge is 0.230 e. The number of nitrogens with two attached hydrogens (primary N) is 1. The van der Waals surface area contributed by atoms with Gasteiger partial charge in [-0.15, -0.1) is 0 Å². The Kier molecular flexibility index (Phi) is 8.33. The average Bonchev–Trinajstić information content (AvgIpc) is 2.65. The maximum absolute atomic E-state index is 12.1. The fourth-order valence-corrected chi connectivity index (χ4v) is 2.93. The number of nitrogens with one attached hydrogen (secondary N) is 2. The predicted octanol–water partition coefficient (Wildman–Crippen LogP) is -2.99. The van der Waals surface area contributed by atoms with Crippen LogP contribution in [-0.2, 0) is 14.3 Å². The zero-order valence-electron chi connectivity index (χ0n) is 15.2. The molecule has 8 nitrogen and oxygen atoms in total. The quantitative estimate of drug-likeness (QED) is 0.383. The highest BCUT2D eigenvalue weighted by Crippen LogP contribution is 2.15. The number of carbonyl (C=O) groups excluding carboxylic acids is 2. The number of amides is 1. The van der Waals surface area contributed by atoms with Crippen LogP contribution in [0, 0.1) is 0 Å². The number of morpholine rings is 1. The van der Waals surface area contributed by atoms with Crippen molar-refractivity contribution >= 4 is 17.6 Å². The molecular weight excluding hydrogens is 338 g/mol. The first-order valence-electron chi connectivity index (χ1n) is 8.98. The molecule has 1 aliphatic heterocycles. The lowest BCUT2D eigenvalue weighted by atomic mass is 10.2. The van der Waals surface area contributed by atoms with Crippen molar-refractivity contribution in [3.63, 3.8) is 0 Å². The van der Waals surface area contributed by atoms with Crippen molar-refractivity contribution in [2.75, 3.05) is 51.8 Å². The van der Waals surface area contributed by atoms with Crippen LogP contribution < -0.4 is 25.4 Å². The highest BCUT2D eigenvalue weighted by atomic mass is 16.5. The fourth-order valence-electron chi connectivity index (χ4n) is 2.93. The Morgan fingerprint density at radius 3 is 2.62 bits per heavy atom.